The number of fused-ring (bicyclic) bond motifs is 2. The topological polar surface area (TPSA) is 13.0 Å². The molecule has 0 aliphatic carbocycles. The first-order valence-electron chi connectivity index (χ1n) is 24.6. The van der Waals surface area contributed by atoms with E-state index in [9.17, 15) is 0 Å². The van der Waals surface area contributed by atoms with Crippen LogP contribution in [0.25, 0.3) is 43.1 Å². The molecule has 0 saturated heterocycles. The third-order valence-electron chi connectivity index (χ3n) is 13.9. The van der Waals surface area contributed by atoms with E-state index in [1.165, 1.54) is 32.3 Å². The molecule has 13 aromatic rings. The van der Waals surface area contributed by atoms with E-state index in [0.29, 0.717) is 0 Å². The highest BCUT2D eigenvalue weighted by atomic mass is 15.2. The average Bonchev–Trinajstić information content (AvgIpc) is 3.46. The molecule has 0 saturated carbocycles. The van der Waals surface area contributed by atoms with Crippen LogP contribution < -0.4 is 19.6 Å². The maximum absolute atomic E-state index is 2.42. The van der Waals surface area contributed by atoms with Gasteiger partial charge in [-0.2, -0.15) is 0 Å². The fraction of sp³-hybridized carbons (Fsp3) is 0. The lowest BCUT2D eigenvalue weighted by molar-refractivity contribution is 1.27. The summed E-state index contributed by atoms with van der Waals surface area (Å²) >= 11 is 0. The van der Waals surface area contributed by atoms with Crippen LogP contribution in [0, 0.1) is 0 Å². The van der Waals surface area contributed by atoms with Crippen molar-refractivity contribution in [2.75, 3.05) is 19.6 Å². The molecule has 0 atom stereocenters. The molecule has 0 aliphatic heterocycles. The van der Waals surface area contributed by atoms with Crippen molar-refractivity contribution in [3.05, 3.63) is 291 Å². The molecule has 0 aliphatic rings. The van der Waals surface area contributed by atoms with Gasteiger partial charge in [0, 0.05) is 67.0 Å². The lowest BCUT2D eigenvalue weighted by atomic mass is 9.86. The Morgan fingerprint density at radius 1 is 0.139 bits per heavy atom. The van der Waals surface area contributed by atoms with Gasteiger partial charge in [-0.05, 0) is 143 Å². The Balaban J connectivity index is 1.20. The second kappa shape index (κ2) is 18.4. The average molecular weight is 921 g/mol. The Morgan fingerprint density at radius 3 is 0.444 bits per heavy atom. The number of hydrogen-bond acceptors (Lipinski definition) is 4. The van der Waals surface area contributed by atoms with Crippen LogP contribution in [0.2, 0.25) is 0 Å². The Kier molecular flexibility index (Phi) is 10.8. The molecule has 0 fully saturated rings. The number of rotatable bonds is 12. The fourth-order valence-corrected chi connectivity index (χ4v) is 10.9. The summed E-state index contributed by atoms with van der Waals surface area (Å²) in [6, 6.07) is 105. The molecule has 0 heterocycles. The lowest BCUT2D eigenvalue weighted by Gasteiger charge is -2.33. The molecular weight excluding hydrogens is 873 g/mol. The quantitative estimate of drug-likeness (QED) is 0.0894. The summed E-state index contributed by atoms with van der Waals surface area (Å²) < 4.78 is 0. The number of hydrogen-bond donors (Lipinski definition) is 0. The maximum Gasteiger partial charge on any atom is 0.0561 e. The molecule has 0 aromatic heterocycles. The summed E-state index contributed by atoms with van der Waals surface area (Å²) in [6.07, 6.45) is 0. The summed E-state index contributed by atoms with van der Waals surface area (Å²) in [4.78, 5) is 9.69. The van der Waals surface area contributed by atoms with Gasteiger partial charge in [-0.3, -0.25) is 0 Å². The standard InChI is InChI=1S/C68H48N4/c1-9-25-49(26-10-1)69(50-27-11-2-12-28-50)61-45-41-57-59-43-47-63(71(53-33-17-5-18-34-53)54-35-19-6-20-36-54)68-64(72(55-37-21-7-22-38-55)56-39-23-8-24-40-56)48-44-60(66(59)68)58-42-46-62(67(61)65(57)58)70(51-29-13-3-14-30-51)52-31-15-4-16-32-52/h1-48H. The van der Waals surface area contributed by atoms with Gasteiger partial charge >= 0.3 is 0 Å². The SMILES string of the molecule is c1ccc(N(c2ccccc2)c2ccc3c4ccc(N(c5ccccc5)c5ccccc5)c5c(N(c6ccccc6)c6ccccc6)ccc(c6ccc(N(c7ccccc7)c7ccccc7)c2c36)c54)cc1. The van der Waals surface area contributed by atoms with E-state index < -0.39 is 0 Å². The monoisotopic (exact) mass is 920 g/mol. The van der Waals surface area contributed by atoms with Crippen LogP contribution in [0.15, 0.2) is 291 Å². The highest BCUT2D eigenvalue weighted by Crippen LogP contribution is 2.55. The number of benzene rings is 13. The van der Waals surface area contributed by atoms with Gasteiger partial charge in [-0.25, -0.2) is 0 Å². The largest absolute Gasteiger partial charge is 0.310 e. The highest BCUT2D eigenvalue weighted by Gasteiger charge is 2.29. The van der Waals surface area contributed by atoms with Crippen molar-refractivity contribution in [1.29, 1.82) is 0 Å². The molecule has 13 rings (SSSR count). The van der Waals surface area contributed by atoms with Crippen molar-refractivity contribution in [1.82, 2.24) is 0 Å². The summed E-state index contributed by atoms with van der Waals surface area (Å²) in [5, 5.41) is 9.47. The minimum Gasteiger partial charge on any atom is -0.310 e. The molecule has 0 bridgehead atoms. The van der Waals surface area contributed by atoms with Gasteiger partial charge in [0.15, 0.2) is 0 Å². The fourth-order valence-electron chi connectivity index (χ4n) is 10.9. The lowest BCUT2D eigenvalue weighted by Crippen LogP contribution is -2.15. The van der Waals surface area contributed by atoms with E-state index in [2.05, 4.69) is 311 Å². The van der Waals surface area contributed by atoms with Crippen molar-refractivity contribution in [3.8, 4) is 0 Å². The molecule has 4 nitrogen and oxygen atoms in total. The first kappa shape index (κ1) is 42.5. The Bertz CT molecular complexity index is 3280. The second-order valence-corrected chi connectivity index (χ2v) is 18.1. The molecule has 0 unspecified atom stereocenters. The normalized spacial score (nSPS) is 11.3. The summed E-state index contributed by atoms with van der Waals surface area (Å²) in [7, 11) is 0. The van der Waals surface area contributed by atoms with Gasteiger partial charge in [0.25, 0.3) is 0 Å². The molecular formula is C68H48N4. The molecule has 0 N–H and O–H groups in total. The third-order valence-corrected chi connectivity index (χ3v) is 13.9. The van der Waals surface area contributed by atoms with Gasteiger partial charge in [-0.15, -0.1) is 0 Å². The smallest absolute Gasteiger partial charge is 0.0561 e. The van der Waals surface area contributed by atoms with Crippen molar-refractivity contribution in [2.24, 2.45) is 0 Å². The first-order valence-corrected chi connectivity index (χ1v) is 24.6. The summed E-state index contributed by atoms with van der Waals surface area (Å²) in [6.45, 7) is 0. The van der Waals surface area contributed by atoms with Crippen LogP contribution in [0.1, 0.15) is 0 Å². The molecule has 0 radical (unpaired) electrons. The molecule has 0 amide bonds. The van der Waals surface area contributed by atoms with Gasteiger partial charge in [-0.1, -0.05) is 170 Å². The van der Waals surface area contributed by atoms with Crippen LogP contribution in [-0.4, -0.2) is 0 Å². The molecule has 13 aromatic carbocycles. The zero-order chi connectivity index (χ0) is 47.8. The second-order valence-electron chi connectivity index (χ2n) is 18.1. The van der Waals surface area contributed by atoms with E-state index in [1.54, 1.807) is 0 Å². The maximum atomic E-state index is 2.42. The van der Waals surface area contributed by atoms with E-state index in [4.69, 9.17) is 0 Å². The van der Waals surface area contributed by atoms with E-state index >= 15 is 0 Å². The zero-order valence-corrected chi connectivity index (χ0v) is 39.5. The van der Waals surface area contributed by atoms with Gasteiger partial charge in [0.2, 0.25) is 0 Å². The van der Waals surface area contributed by atoms with E-state index in [0.717, 1.165) is 79.0 Å². The Morgan fingerprint density at radius 2 is 0.292 bits per heavy atom. The molecule has 340 valence electrons. The Labute approximate surface area is 420 Å². The number of para-hydroxylation sites is 8. The van der Waals surface area contributed by atoms with Crippen molar-refractivity contribution >= 4 is 111 Å². The summed E-state index contributed by atoms with van der Waals surface area (Å²) in [5.74, 6) is 0. The van der Waals surface area contributed by atoms with Crippen LogP contribution in [0.4, 0.5) is 68.2 Å². The number of nitrogens with zero attached hydrogens (tertiary/aromatic N) is 4. The number of anilines is 12. The van der Waals surface area contributed by atoms with E-state index in [-0.39, 0.29) is 0 Å². The van der Waals surface area contributed by atoms with Crippen molar-refractivity contribution in [3.63, 3.8) is 0 Å². The van der Waals surface area contributed by atoms with Crippen molar-refractivity contribution in [2.45, 2.75) is 0 Å². The van der Waals surface area contributed by atoms with Crippen LogP contribution in [-0.2, 0) is 0 Å². The van der Waals surface area contributed by atoms with Gasteiger partial charge in [0.1, 0.15) is 0 Å². The summed E-state index contributed by atoms with van der Waals surface area (Å²) in [5.41, 5.74) is 13.0. The molecule has 0 spiro atoms. The predicted octanol–water partition coefficient (Wildman–Crippen LogP) is 19.6. The van der Waals surface area contributed by atoms with Gasteiger partial charge in [0.05, 0.1) is 22.7 Å². The van der Waals surface area contributed by atoms with Crippen LogP contribution in [0.5, 0.6) is 0 Å². The van der Waals surface area contributed by atoms with Crippen molar-refractivity contribution < 1.29 is 0 Å². The Hall–Kier alpha value is -9.64. The molecule has 72 heavy (non-hydrogen) atoms. The minimum atomic E-state index is 1.08. The third kappa shape index (κ3) is 7.33. The van der Waals surface area contributed by atoms with Gasteiger partial charge < -0.3 is 19.6 Å². The molecule has 4 heteroatoms. The minimum absolute atomic E-state index is 1.08. The first-order chi connectivity index (χ1) is 35.8. The van der Waals surface area contributed by atoms with Crippen LogP contribution in [0.3, 0.4) is 0 Å². The predicted molar refractivity (Wildman–Crippen MR) is 306 cm³/mol. The zero-order valence-electron chi connectivity index (χ0n) is 39.5. The van der Waals surface area contributed by atoms with Crippen LogP contribution >= 0.6 is 0 Å². The van der Waals surface area contributed by atoms with E-state index in [1.807, 2.05) is 0 Å². The highest BCUT2D eigenvalue weighted by molar-refractivity contribution is 6.38.